The Morgan fingerprint density at radius 1 is 0.815 bits per heavy atom. The molecule has 3 atom stereocenters. The lowest BCUT2D eigenvalue weighted by molar-refractivity contribution is 0.460. The molecule has 3 unspecified atom stereocenters. The smallest absolute Gasteiger partial charge is 0.00182 e. The molecule has 0 saturated carbocycles. The predicted octanol–water partition coefficient (Wildman–Crippen LogP) is 8.70. The second-order valence-electron chi connectivity index (χ2n) is 8.93. The van der Waals surface area contributed by atoms with Crippen molar-refractivity contribution < 1.29 is 0 Å². The van der Waals surface area contributed by atoms with E-state index in [1.807, 2.05) is 0 Å². The summed E-state index contributed by atoms with van der Waals surface area (Å²) in [7, 11) is 0. The van der Waals surface area contributed by atoms with Gasteiger partial charge in [0.2, 0.25) is 0 Å². The minimum absolute atomic E-state index is 0.647. The zero-order chi connectivity index (χ0) is 18.9. The predicted molar refractivity (Wildman–Crippen MR) is 119 cm³/mol. The molecule has 1 aromatic rings. The molecule has 0 amide bonds. The third-order valence-electron chi connectivity index (χ3n) is 6.83. The van der Waals surface area contributed by atoms with E-state index in [-0.39, 0.29) is 0 Å². The van der Waals surface area contributed by atoms with E-state index in [4.69, 9.17) is 0 Å². The van der Waals surface area contributed by atoms with E-state index in [0.717, 1.165) is 11.8 Å². The fourth-order valence-corrected chi connectivity index (χ4v) is 4.89. The molecular formula is C27H40. The molecule has 0 N–H and O–H groups in total. The van der Waals surface area contributed by atoms with Crippen LogP contribution in [0, 0.1) is 5.92 Å². The quantitative estimate of drug-likeness (QED) is 0.303. The molecule has 0 spiro atoms. The SMILES string of the molecule is CCCCCC1C=CC(c2ccc(C3CC=C(CCCC)CC3)cc2)CC1. The van der Waals surface area contributed by atoms with Gasteiger partial charge in [0, 0.05) is 5.92 Å². The third kappa shape index (κ3) is 6.09. The molecule has 1 aromatic carbocycles. The van der Waals surface area contributed by atoms with Crippen LogP contribution in [0.1, 0.15) is 114 Å². The Hall–Kier alpha value is -1.30. The molecule has 0 heterocycles. The molecule has 0 radical (unpaired) electrons. The van der Waals surface area contributed by atoms with Crippen molar-refractivity contribution in [3.05, 3.63) is 59.2 Å². The van der Waals surface area contributed by atoms with Crippen molar-refractivity contribution in [2.75, 3.05) is 0 Å². The maximum atomic E-state index is 2.54. The van der Waals surface area contributed by atoms with Gasteiger partial charge in [-0.1, -0.05) is 87.6 Å². The third-order valence-corrected chi connectivity index (χ3v) is 6.83. The van der Waals surface area contributed by atoms with Gasteiger partial charge in [-0.15, -0.1) is 0 Å². The molecule has 27 heavy (non-hydrogen) atoms. The van der Waals surface area contributed by atoms with E-state index in [2.05, 4.69) is 56.3 Å². The van der Waals surface area contributed by atoms with Crippen LogP contribution >= 0.6 is 0 Å². The van der Waals surface area contributed by atoms with Gasteiger partial charge in [0.25, 0.3) is 0 Å². The first-order valence-electron chi connectivity index (χ1n) is 11.8. The van der Waals surface area contributed by atoms with Gasteiger partial charge >= 0.3 is 0 Å². The van der Waals surface area contributed by atoms with Gasteiger partial charge in [0.15, 0.2) is 0 Å². The summed E-state index contributed by atoms with van der Waals surface area (Å²) in [6, 6.07) is 9.67. The zero-order valence-corrected chi connectivity index (χ0v) is 17.8. The van der Waals surface area contributed by atoms with Crippen LogP contribution in [0.5, 0.6) is 0 Å². The van der Waals surface area contributed by atoms with E-state index in [0.29, 0.717) is 5.92 Å². The number of benzene rings is 1. The van der Waals surface area contributed by atoms with E-state index in [9.17, 15) is 0 Å². The summed E-state index contributed by atoms with van der Waals surface area (Å²) in [5.74, 6) is 2.23. The summed E-state index contributed by atoms with van der Waals surface area (Å²) >= 11 is 0. The highest BCUT2D eigenvalue weighted by Gasteiger charge is 2.19. The zero-order valence-electron chi connectivity index (χ0n) is 17.8. The molecule has 3 rings (SSSR count). The molecule has 148 valence electrons. The van der Waals surface area contributed by atoms with Gasteiger partial charge in [0.1, 0.15) is 0 Å². The van der Waals surface area contributed by atoms with Gasteiger partial charge in [-0.05, 0) is 74.3 Å². The van der Waals surface area contributed by atoms with Crippen molar-refractivity contribution in [3.8, 4) is 0 Å². The summed E-state index contributed by atoms with van der Waals surface area (Å²) in [6.07, 6.45) is 23.7. The van der Waals surface area contributed by atoms with E-state index >= 15 is 0 Å². The van der Waals surface area contributed by atoms with Crippen LogP contribution in [0.25, 0.3) is 0 Å². The first kappa shape index (κ1) is 20.4. The second-order valence-corrected chi connectivity index (χ2v) is 8.93. The lowest BCUT2D eigenvalue weighted by Gasteiger charge is -2.25. The van der Waals surface area contributed by atoms with E-state index in [1.54, 1.807) is 11.1 Å². The standard InChI is InChI=1S/C27H40/c1-3-5-7-9-23-12-16-25(17-13-23)27-20-18-26(19-21-27)24-14-10-22(11-15-24)8-6-4-2/h10,12,16,18-21,23-25H,3-9,11,13-15,17H2,1-2H3. The molecule has 0 saturated heterocycles. The summed E-state index contributed by atoms with van der Waals surface area (Å²) in [5, 5.41) is 0. The van der Waals surface area contributed by atoms with Crippen LogP contribution in [-0.2, 0) is 0 Å². The maximum absolute atomic E-state index is 2.54. The van der Waals surface area contributed by atoms with Gasteiger partial charge in [-0.3, -0.25) is 0 Å². The van der Waals surface area contributed by atoms with Crippen LogP contribution in [0.3, 0.4) is 0 Å². The lowest BCUT2D eigenvalue weighted by atomic mass is 9.80. The molecule has 0 aliphatic heterocycles. The summed E-state index contributed by atoms with van der Waals surface area (Å²) in [4.78, 5) is 0. The Labute approximate surface area is 168 Å². The molecule has 2 aliphatic rings. The number of rotatable bonds is 9. The highest BCUT2D eigenvalue weighted by Crippen LogP contribution is 2.36. The largest absolute Gasteiger partial charge is 0.0848 e. The molecule has 0 heteroatoms. The molecule has 0 nitrogen and oxygen atoms in total. The monoisotopic (exact) mass is 364 g/mol. The first-order valence-corrected chi connectivity index (χ1v) is 11.8. The van der Waals surface area contributed by atoms with Crippen molar-refractivity contribution in [1.29, 1.82) is 0 Å². The Kier molecular flexibility index (Phi) is 8.24. The van der Waals surface area contributed by atoms with E-state index in [1.165, 1.54) is 82.6 Å². The van der Waals surface area contributed by atoms with Crippen LogP contribution in [0.4, 0.5) is 0 Å². The van der Waals surface area contributed by atoms with Crippen LogP contribution in [0.15, 0.2) is 48.1 Å². The van der Waals surface area contributed by atoms with Crippen LogP contribution in [0.2, 0.25) is 0 Å². The van der Waals surface area contributed by atoms with Crippen molar-refractivity contribution in [3.63, 3.8) is 0 Å². The topological polar surface area (TPSA) is 0 Å². The van der Waals surface area contributed by atoms with Crippen molar-refractivity contribution in [2.45, 2.75) is 103 Å². The fraction of sp³-hybridized carbons (Fsp3) is 0.630. The minimum atomic E-state index is 0.647. The molecular weight excluding hydrogens is 324 g/mol. The fourth-order valence-electron chi connectivity index (χ4n) is 4.89. The van der Waals surface area contributed by atoms with Crippen LogP contribution < -0.4 is 0 Å². The van der Waals surface area contributed by atoms with E-state index < -0.39 is 0 Å². The molecule has 0 aromatic heterocycles. The highest BCUT2D eigenvalue weighted by molar-refractivity contribution is 5.32. The minimum Gasteiger partial charge on any atom is -0.0848 e. The summed E-state index contributed by atoms with van der Waals surface area (Å²) in [5.41, 5.74) is 4.80. The number of hydrogen-bond acceptors (Lipinski definition) is 0. The van der Waals surface area contributed by atoms with Crippen molar-refractivity contribution in [1.82, 2.24) is 0 Å². The molecule has 2 aliphatic carbocycles. The number of unbranched alkanes of at least 4 members (excludes halogenated alkanes) is 3. The Balaban J connectivity index is 1.51. The van der Waals surface area contributed by atoms with Crippen molar-refractivity contribution >= 4 is 0 Å². The van der Waals surface area contributed by atoms with Gasteiger partial charge < -0.3 is 0 Å². The Morgan fingerprint density at radius 2 is 1.59 bits per heavy atom. The highest BCUT2D eigenvalue weighted by atomic mass is 14.2. The maximum Gasteiger partial charge on any atom is 0.00182 e. The second kappa shape index (κ2) is 10.9. The van der Waals surface area contributed by atoms with Crippen molar-refractivity contribution in [2.24, 2.45) is 5.92 Å². The first-order chi connectivity index (χ1) is 13.3. The van der Waals surface area contributed by atoms with Crippen LogP contribution in [-0.4, -0.2) is 0 Å². The Morgan fingerprint density at radius 3 is 2.22 bits per heavy atom. The molecule has 0 fully saturated rings. The summed E-state index contributed by atoms with van der Waals surface area (Å²) < 4.78 is 0. The average Bonchev–Trinajstić information content (AvgIpc) is 2.73. The van der Waals surface area contributed by atoms with Gasteiger partial charge in [-0.2, -0.15) is 0 Å². The average molecular weight is 365 g/mol. The number of allylic oxidation sites excluding steroid dienone is 4. The normalized spacial score (nSPS) is 25.4. The lowest BCUT2D eigenvalue weighted by Crippen LogP contribution is -2.08. The number of hydrogen-bond donors (Lipinski definition) is 0. The van der Waals surface area contributed by atoms with Gasteiger partial charge in [-0.25, -0.2) is 0 Å². The molecule has 0 bridgehead atoms. The van der Waals surface area contributed by atoms with Gasteiger partial charge in [0.05, 0.1) is 0 Å². The summed E-state index contributed by atoms with van der Waals surface area (Å²) in [6.45, 7) is 4.59. The Bertz CT molecular complexity index is 603.